The van der Waals surface area contributed by atoms with Gasteiger partial charge in [-0.05, 0) is 46.3 Å². The second kappa shape index (κ2) is 9.44. The van der Waals surface area contributed by atoms with Crippen molar-refractivity contribution in [2.24, 2.45) is 0 Å². The number of barbiturate groups is 1. The maximum atomic E-state index is 13.1. The van der Waals surface area contributed by atoms with Crippen LogP contribution in [0.2, 0.25) is 0 Å². The summed E-state index contributed by atoms with van der Waals surface area (Å²) >= 11 is 6.66. The van der Waals surface area contributed by atoms with Crippen LogP contribution < -0.4 is 19.7 Å². The number of nitrogens with one attached hydrogen (secondary N) is 1. The Labute approximate surface area is 194 Å². The third kappa shape index (κ3) is 4.86. The summed E-state index contributed by atoms with van der Waals surface area (Å²) in [7, 11) is 1.45. The molecule has 0 aromatic heterocycles. The number of halogens is 2. The summed E-state index contributed by atoms with van der Waals surface area (Å²) in [5.41, 5.74) is 0.219. The first-order chi connectivity index (χ1) is 14.7. The lowest BCUT2D eigenvalue weighted by Gasteiger charge is -2.26. The van der Waals surface area contributed by atoms with Gasteiger partial charge in [0.2, 0.25) is 0 Å². The van der Waals surface area contributed by atoms with Crippen LogP contribution in [-0.4, -0.2) is 30.9 Å². The van der Waals surface area contributed by atoms with E-state index < -0.39 is 23.8 Å². The first-order valence-corrected chi connectivity index (χ1v) is 10.6. The van der Waals surface area contributed by atoms with Crippen molar-refractivity contribution in [1.82, 2.24) is 5.32 Å². The third-order valence-corrected chi connectivity index (χ3v) is 5.30. The summed E-state index contributed by atoms with van der Waals surface area (Å²) in [6, 6.07) is 8.67. The van der Waals surface area contributed by atoms with E-state index in [1.165, 1.54) is 25.3 Å². The molecule has 1 fully saturated rings. The predicted molar refractivity (Wildman–Crippen MR) is 120 cm³/mol. The Bertz CT molecular complexity index is 1130. The number of carbonyl (C=O) groups is 4. The van der Waals surface area contributed by atoms with Crippen molar-refractivity contribution in [2.45, 2.75) is 13.3 Å². The maximum absolute atomic E-state index is 13.1. The van der Waals surface area contributed by atoms with Crippen LogP contribution in [0.15, 0.2) is 50.9 Å². The number of rotatable bonds is 5. The van der Waals surface area contributed by atoms with Gasteiger partial charge in [-0.1, -0.05) is 28.9 Å². The molecule has 4 amide bonds. The third-order valence-electron chi connectivity index (χ3n) is 4.25. The minimum absolute atomic E-state index is 0.135. The molecule has 31 heavy (non-hydrogen) atoms. The van der Waals surface area contributed by atoms with Crippen LogP contribution in [0.25, 0.3) is 6.08 Å². The number of benzene rings is 2. The van der Waals surface area contributed by atoms with E-state index in [0.29, 0.717) is 20.3 Å². The molecule has 0 unspecified atom stereocenters. The highest BCUT2D eigenvalue weighted by atomic mass is 79.9. The molecule has 10 heteroatoms. The van der Waals surface area contributed by atoms with Gasteiger partial charge < -0.3 is 9.47 Å². The molecule has 8 nitrogen and oxygen atoms in total. The Hall–Kier alpha value is -2.98. The largest absolute Gasteiger partial charge is 0.497 e. The Balaban J connectivity index is 2.09. The van der Waals surface area contributed by atoms with Crippen molar-refractivity contribution < 1.29 is 28.7 Å². The first kappa shape index (κ1) is 22.7. The molecule has 1 saturated heterocycles. The van der Waals surface area contributed by atoms with E-state index in [1.54, 1.807) is 31.2 Å². The molecular weight excluding hydrogens is 536 g/mol. The van der Waals surface area contributed by atoms with Crippen LogP contribution in [0.3, 0.4) is 0 Å². The van der Waals surface area contributed by atoms with Gasteiger partial charge in [-0.2, -0.15) is 0 Å². The molecule has 3 rings (SSSR count). The fraction of sp³-hybridized carbons (Fsp3) is 0.143. The molecule has 0 aliphatic carbocycles. The molecule has 1 heterocycles. The summed E-state index contributed by atoms with van der Waals surface area (Å²) < 4.78 is 11.6. The highest BCUT2D eigenvalue weighted by Gasteiger charge is 2.37. The fourth-order valence-electron chi connectivity index (χ4n) is 2.78. The van der Waals surface area contributed by atoms with Gasteiger partial charge in [-0.25, -0.2) is 9.69 Å². The lowest BCUT2D eigenvalue weighted by atomic mass is 10.1. The van der Waals surface area contributed by atoms with E-state index in [2.05, 4.69) is 37.2 Å². The molecular formula is C21H16Br2N2O6. The zero-order chi connectivity index (χ0) is 22.7. The Morgan fingerprint density at radius 2 is 1.90 bits per heavy atom. The number of carbonyl (C=O) groups excluding carboxylic acids is 4. The Morgan fingerprint density at radius 1 is 1.16 bits per heavy atom. The minimum Gasteiger partial charge on any atom is -0.497 e. The molecule has 1 aliphatic heterocycles. The van der Waals surface area contributed by atoms with Crippen LogP contribution in [0.4, 0.5) is 10.5 Å². The number of urea groups is 1. The van der Waals surface area contributed by atoms with E-state index in [-0.39, 0.29) is 23.4 Å². The van der Waals surface area contributed by atoms with Crippen molar-refractivity contribution in [3.8, 4) is 11.5 Å². The average molecular weight is 552 g/mol. The molecule has 2 aromatic carbocycles. The molecule has 0 atom stereocenters. The SMILES string of the molecule is CCC(=O)Oc1c(Br)cc(Br)cc1/C=C1/C(=O)NC(=O)N(c2cccc(OC)c2)C1=O. The zero-order valence-corrected chi connectivity index (χ0v) is 19.6. The summed E-state index contributed by atoms with van der Waals surface area (Å²) in [6.45, 7) is 1.64. The molecule has 0 bridgehead atoms. The van der Waals surface area contributed by atoms with Gasteiger partial charge in [0.15, 0.2) is 5.75 Å². The summed E-state index contributed by atoms with van der Waals surface area (Å²) in [4.78, 5) is 50.7. The number of hydrogen-bond donors (Lipinski definition) is 1. The zero-order valence-electron chi connectivity index (χ0n) is 16.4. The normalized spacial score (nSPS) is 15.2. The van der Waals surface area contributed by atoms with Gasteiger partial charge in [0.1, 0.15) is 11.3 Å². The number of hydrogen-bond acceptors (Lipinski definition) is 6. The second-order valence-electron chi connectivity index (χ2n) is 6.29. The molecule has 1 N–H and O–H groups in total. The number of amides is 4. The summed E-state index contributed by atoms with van der Waals surface area (Å²) in [5, 5.41) is 2.15. The van der Waals surface area contributed by atoms with E-state index in [0.717, 1.165) is 4.90 Å². The Morgan fingerprint density at radius 3 is 2.58 bits per heavy atom. The topological polar surface area (TPSA) is 102 Å². The number of esters is 1. The monoisotopic (exact) mass is 550 g/mol. The molecule has 1 aliphatic rings. The van der Waals surface area contributed by atoms with Crippen molar-refractivity contribution in [3.05, 3.63) is 56.5 Å². The predicted octanol–water partition coefficient (Wildman–Crippen LogP) is 4.20. The molecule has 2 aromatic rings. The van der Waals surface area contributed by atoms with E-state index >= 15 is 0 Å². The summed E-state index contributed by atoms with van der Waals surface area (Å²) in [6.07, 6.45) is 1.40. The highest BCUT2D eigenvalue weighted by molar-refractivity contribution is 9.11. The van der Waals surface area contributed by atoms with Crippen LogP contribution in [0.5, 0.6) is 11.5 Å². The maximum Gasteiger partial charge on any atom is 0.335 e. The van der Waals surface area contributed by atoms with Gasteiger partial charge in [0, 0.05) is 22.5 Å². The molecule has 0 saturated carbocycles. The van der Waals surface area contributed by atoms with Gasteiger partial charge >= 0.3 is 12.0 Å². The van der Waals surface area contributed by atoms with E-state index in [9.17, 15) is 19.2 Å². The van der Waals surface area contributed by atoms with Crippen molar-refractivity contribution in [3.63, 3.8) is 0 Å². The van der Waals surface area contributed by atoms with Gasteiger partial charge in [0.25, 0.3) is 11.8 Å². The van der Waals surface area contributed by atoms with Crippen molar-refractivity contribution >= 4 is 67.4 Å². The number of methoxy groups -OCH3 is 1. The lowest BCUT2D eigenvalue weighted by molar-refractivity contribution is -0.134. The van der Waals surface area contributed by atoms with Crippen LogP contribution >= 0.6 is 31.9 Å². The van der Waals surface area contributed by atoms with Crippen LogP contribution in [-0.2, 0) is 14.4 Å². The second-order valence-corrected chi connectivity index (χ2v) is 8.06. The summed E-state index contributed by atoms with van der Waals surface area (Å²) in [5.74, 6) is -1.60. The fourth-order valence-corrected chi connectivity index (χ4v) is 4.12. The minimum atomic E-state index is -0.881. The van der Waals surface area contributed by atoms with Crippen molar-refractivity contribution in [1.29, 1.82) is 0 Å². The standard InChI is InChI=1S/C21H16Br2N2O6/c1-3-17(26)31-18-11(7-12(22)9-16(18)23)8-15-19(27)24-21(29)25(20(15)28)13-5-4-6-14(10-13)30-2/h4-10H,3H2,1-2H3,(H,24,27,29)/b15-8-. The highest BCUT2D eigenvalue weighted by Crippen LogP contribution is 2.35. The lowest BCUT2D eigenvalue weighted by Crippen LogP contribution is -2.54. The average Bonchev–Trinajstić information content (AvgIpc) is 2.73. The number of anilines is 1. The molecule has 160 valence electrons. The quantitative estimate of drug-likeness (QED) is 0.258. The number of nitrogens with zero attached hydrogens (tertiary/aromatic N) is 1. The number of imide groups is 2. The van der Waals surface area contributed by atoms with Gasteiger partial charge in [-0.15, -0.1) is 0 Å². The van der Waals surface area contributed by atoms with E-state index in [4.69, 9.17) is 9.47 Å². The molecule has 0 radical (unpaired) electrons. The van der Waals surface area contributed by atoms with Crippen LogP contribution in [0.1, 0.15) is 18.9 Å². The Kier molecular flexibility index (Phi) is 6.91. The van der Waals surface area contributed by atoms with Crippen LogP contribution in [0, 0.1) is 0 Å². The first-order valence-electron chi connectivity index (χ1n) is 9.00. The van der Waals surface area contributed by atoms with E-state index in [1.807, 2.05) is 0 Å². The van der Waals surface area contributed by atoms with Crippen molar-refractivity contribution in [2.75, 3.05) is 12.0 Å². The van der Waals surface area contributed by atoms with Gasteiger partial charge in [0.05, 0.1) is 17.3 Å². The van der Waals surface area contributed by atoms with Gasteiger partial charge in [-0.3, -0.25) is 19.7 Å². The number of ether oxygens (including phenoxy) is 2. The smallest absolute Gasteiger partial charge is 0.335 e. The molecule has 0 spiro atoms.